The van der Waals surface area contributed by atoms with Gasteiger partial charge in [0.15, 0.2) is 0 Å². The second kappa shape index (κ2) is 5.56. The predicted molar refractivity (Wildman–Crippen MR) is 87.3 cm³/mol. The zero-order valence-corrected chi connectivity index (χ0v) is 13.3. The number of rotatable bonds is 1. The van der Waals surface area contributed by atoms with Gasteiger partial charge in [0.05, 0.1) is 0 Å². The third kappa shape index (κ3) is 2.11. The maximum atomic E-state index is 14.4. The fourth-order valence-electron chi connectivity index (χ4n) is 3.79. The molecule has 0 bridgehead atoms. The number of piperidine rings is 1. The van der Waals surface area contributed by atoms with Crippen LogP contribution in [0, 0.1) is 5.82 Å². The molecular formula is C18H19ClFNO. The molecule has 2 aromatic rings. The van der Waals surface area contributed by atoms with Gasteiger partial charge in [0.2, 0.25) is 0 Å². The van der Waals surface area contributed by atoms with Crippen LogP contribution in [0.15, 0.2) is 48.5 Å². The van der Waals surface area contributed by atoms with Crippen LogP contribution in [0.1, 0.15) is 23.5 Å². The summed E-state index contributed by atoms with van der Waals surface area (Å²) in [5.41, 5.74) is 1.34. The smallest absolute Gasteiger partial charge is 0.146 e. The Kier molecular flexibility index (Phi) is 3.87. The molecule has 2 aliphatic heterocycles. The van der Waals surface area contributed by atoms with Gasteiger partial charge in [-0.1, -0.05) is 36.4 Å². The average Bonchev–Trinajstić information content (AvgIpc) is 2.83. The number of hydrogen-bond acceptors (Lipinski definition) is 2. The van der Waals surface area contributed by atoms with Gasteiger partial charge >= 0.3 is 0 Å². The van der Waals surface area contributed by atoms with Gasteiger partial charge in [0.1, 0.15) is 17.2 Å². The van der Waals surface area contributed by atoms with Crippen LogP contribution < -0.4 is 4.74 Å². The number of hydrogen-bond donors (Lipinski definition) is 0. The van der Waals surface area contributed by atoms with Crippen LogP contribution in [0.3, 0.4) is 0 Å². The first-order valence-corrected chi connectivity index (χ1v) is 7.42. The molecule has 1 saturated heterocycles. The maximum Gasteiger partial charge on any atom is 0.146 e. The monoisotopic (exact) mass is 319 g/mol. The number of benzene rings is 2. The van der Waals surface area contributed by atoms with Crippen molar-refractivity contribution in [1.29, 1.82) is 0 Å². The van der Waals surface area contributed by atoms with Crippen LogP contribution in [-0.4, -0.2) is 25.0 Å². The second-order valence-electron chi connectivity index (χ2n) is 6.07. The summed E-state index contributed by atoms with van der Waals surface area (Å²) in [6, 6.07) is 15.2. The minimum absolute atomic E-state index is 0. The minimum Gasteiger partial charge on any atom is -0.481 e. The lowest BCUT2D eigenvalue weighted by Crippen LogP contribution is -2.48. The van der Waals surface area contributed by atoms with Crippen molar-refractivity contribution < 1.29 is 9.13 Å². The fraction of sp³-hybridized carbons (Fsp3) is 0.333. The van der Waals surface area contributed by atoms with E-state index in [9.17, 15) is 4.39 Å². The first kappa shape index (κ1) is 15.3. The van der Waals surface area contributed by atoms with Crippen molar-refractivity contribution >= 4 is 12.4 Å². The van der Waals surface area contributed by atoms with E-state index in [1.54, 1.807) is 6.07 Å². The Hall–Kier alpha value is -1.58. The van der Waals surface area contributed by atoms with Crippen LogP contribution in [0.2, 0.25) is 0 Å². The van der Waals surface area contributed by atoms with Gasteiger partial charge in [-0.15, -0.1) is 12.4 Å². The normalized spacial score (nSPS) is 26.5. The molecule has 2 nitrogen and oxygen atoms in total. The summed E-state index contributed by atoms with van der Waals surface area (Å²) in [6.07, 6.45) is 0.809. The Bertz CT molecular complexity index is 692. The van der Waals surface area contributed by atoms with Gasteiger partial charge in [-0.3, -0.25) is 0 Å². The first-order chi connectivity index (χ1) is 10.2. The van der Waals surface area contributed by atoms with Gasteiger partial charge < -0.3 is 9.64 Å². The van der Waals surface area contributed by atoms with E-state index in [0.29, 0.717) is 5.56 Å². The van der Waals surface area contributed by atoms with E-state index in [1.165, 1.54) is 11.6 Å². The Morgan fingerprint density at radius 2 is 1.86 bits per heavy atom. The van der Waals surface area contributed by atoms with Gasteiger partial charge in [0, 0.05) is 36.6 Å². The van der Waals surface area contributed by atoms with Gasteiger partial charge in [0.25, 0.3) is 0 Å². The number of para-hydroxylation sites is 1. The van der Waals surface area contributed by atoms with Crippen molar-refractivity contribution in [3.8, 4) is 5.75 Å². The zero-order chi connectivity index (χ0) is 14.4. The van der Waals surface area contributed by atoms with Gasteiger partial charge in [-0.2, -0.15) is 0 Å². The average molecular weight is 320 g/mol. The quantitative estimate of drug-likeness (QED) is 0.789. The van der Waals surface area contributed by atoms with E-state index < -0.39 is 5.60 Å². The van der Waals surface area contributed by atoms with Crippen LogP contribution in [0.25, 0.3) is 0 Å². The molecule has 22 heavy (non-hydrogen) atoms. The zero-order valence-electron chi connectivity index (χ0n) is 12.5. The van der Waals surface area contributed by atoms with Crippen molar-refractivity contribution in [3.63, 3.8) is 0 Å². The van der Waals surface area contributed by atoms with Gasteiger partial charge in [-0.25, -0.2) is 4.39 Å². The lowest BCUT2D eigenvalue weighted by atomic mass is 9.74. The summed E-state index contributed by atoms with van der Waals surface area (Å²) in [6.45, 7) is 1.81. The van der Waals surface area contributed by atoms with E-state index in [-0.39, 0.29) is 24.1 Å². The van der Waals surface area contributed by atoms with Crippen molar-refractivity contribution in [1.82, 2.24) is 4.90 Å². The number of fused-ring (bicyclic) bond motifs is 3. The van der Waals surface area contributed by atoms with Crippen LogP contribution >= 0.6 is 12.4 Å². The Balaban J connectivity index is 0.00000144. The second-order valence-corrected chi connectivity index (χ2v) is 6.07. The standard InChI is InChI=1S/C18H18FNO.ClH/c1-20-11-10-18(14-7-3-4-8-16(14)19)15(12-20)13-6-2-5-9-17(13)21-18;/h2-9,15H,10-12H2,1H3;1H. The van der Waals surface area contributed by atoms with E-state index in [4.69, 9.17) is 4.74 Å². The highest BCUT2D eigenvalue weighted by Crippen LogP contribution is 2.54. The van der Waals surface area contributed by atoms with Crippen molar-refractivity contribution in [2.75, 3.05) is 20.1 Å². The molecule has 4 heteroatoms. The van der Waals surface area contributed by atoms with Crippen molar-refractivity contribution in [2.24, 2.45) is 0 Å². The molecule has 0 saturated carbocycles. The molecule has 2 aromatic carbocycles. The number of likely N-dealkylation sites (tertiary alicyclic amines) is 1. The molecule has 0 spiro atoms. The summed E-state index contributed by atoms with van der Waals surface area (Å²) >= 11 is 0. The third-order valence-electron chi connectivity index (χ3n) is 4.84. The molecule has 0 aromatic heterocycles. The highest BCUT2D eigenvalue weighted by atomic mass is 35.5. The van der Waals surface area contributed by atoms with E-state index >= 15 is 0 Å². The Labute approximate surface area is 136 Å². The van der Waals surface area contributed by atoms with E-state index in [0.717, 1.165) is 25.3 Å². The molecule has 0 aliphatic carbocycles. The number of ether oxygens (including phenoxy) is 1. The molecule has 4 rings (SSSR count). The summed E-state index contributed by atoms with van der Waals surface area (Å²) in [5, 5.41) is 0. The molecule has 2 heterocycles. The van der Waals surface area contributed by atoms with Crippen LogP contribution in [-0.2, 0) is 5.60 Å². The predicted octanol–water partition coefficient (Wildman–Crippen LogP) is 3.95. The largest absolute Gasteiger partial charge is 0.481 e. The molecule has 0 radical (unpaired) electrons. The number of halogens is 2. The molecule has 2 unspecified atom stereocenters. The molecule has 116 valence electrons. The number of nitrogens with zero attached hydrogens (tertiary/aromatic N) is 1. The molecule has 0 amide bonds. The maximum absolute atomic E-state index is 14.4. The highest BCUT2D eigenvalue weighted by Gasteiger charge is 2.53. The van der Waals surface area contributed by atoms with Crippen LogP contribution in [0.4, 0.5) is 4.39 Å². The summed E-state index contributed by atoms with van der Waals surface area (Å²) in [7, 11) is 2.12. The van der Waals surface area contributed by atoms with Crippen molar-refractivity contribution in [2.45, 2.75) is 17.9 Å². The SMILES string of the molecule is CN1CCC2(c3ccccc3F)Oc3ccccc3C2C1.Cl. The molecule has 2 aliphatic rings. The summed E-state index contributed by atoms with van der Waals surface area (Å²) in [4.78, 5) is 2.30. The lowest BCUT2D eigenvalue weighted by molar-refractivity contribution is 0.00417. The van der Waals surface area contributed by atoms with Crippen LogP contribution in [0.5, 0.6) is 5.75 Å². The molecular weight excluding hydrogens is 301 g/mol. The summed E-state index contributed by atoms with van der Waals surface area (Å²) in [5.74, 6) is 0.922. The lowest BCUT2D eigenvalue weighted by Gasteiger charge is -2.42. The van der Waals surface area contributed by atoms with E-state index in [2.05, 4.69) is 18.0 Å². The first-order valence-electron chi connectivity index (χ1n) is 7.42. The van der Waals surface area contributed by atoms with Crippen molar-refractivity contribution in [3.05, 3.63) is 65.5 Å². The number of likely N-dealkylation sites (N-methyl/N-ethyl adjacent to an activating group) is 1. The van der Waals surface area contributed by atoms with Gasteiger partial charge in [-0.05, 0) is 19.2 Å². The topological polar surface area (TPSA) is 12.5 Å². The molecule has 2 atom stereocenters. The molecule has 1 fully saturated rings. The summed E-state index contributed by atoms with van der Waals surface area (Å²) < 4.78 is 20.8. The Morgan fingerprint density at radius 1 is 1.14 bits per heavy atom. The fourth-order valence-corrected chi connectivity index (χ4v) is 3.79. The molecule has 0 N–H and O–H groups in total. The Morgan fingerprint density at radius 3 is 2.68 bits per heavy atom. The highest BCUT2D eigenvalue weighted by molar-refractivity contribution is 5.85. The minimum atomic E-state index is -0.554. The third-order valence-corrected chi connectivity index (χ3v) is 4.84. The van der Waals surface area contributed by atoms with E-state index in [1.807, 2.05) is 30.3 Å².